The topological polar surface area (TPSA) is 76.7 Å². The predicted octanol–water partition coefficient (Wildman–Crippen LogP) is 3.71. The molecule has 0 radical (unpaired) electrons. The van der Waals surface area contributed by atoms with E-state index in [-0.39, 0.29) is 12.2 Å². The average Bonchev–Trinajstić information content (AvgIpc) is 2.58. The van der Waals surface area contributed by atoms with Gasteiger partial charge in [-0.05, 0) is 52.3 Å². The number of hydrazine groups is 1. The van der Waals surface area contributed by atoms with Crippen LogP contribution in [0.3, 0.4) is 0 Å². The largest absolute Gasteiger partial charge is 0.496 e. The number of carbonyl (C=O) groups excluding carboxylic acids is 2. The minimum absolute atomic E-state index is 0.276. The first-order chi connectivity index (χ1) is 11.9. The molecule has 132 valence electrons. The first kappa shape index (κ1) is 19.6. The van der Waals surface area contributed by atoms with E-state index in [0.29, 0.717) is 25.5 Å². The van der Waals surface area contributed by atoms with Crippen molar-refractivity contribution in [1.29, 1.82) is 0 Å². The molecule has 2 N–H and O–H groups in total. The van der Waals surface area contributed by atoms with E-state index in [0.717, 1.165) is 0 Å². The molecule has 2 aromatic rings. The van der Waals surface area contributed by atoms with Crippen LogP contribution >= 0.6 is 43.5 Å². The minimum Gasteiger partial charge on any atom is -0.496 e. The predicted molar refractivity (Wildman–Crippen MR) is 101 cm³/mol. The Morgan fingerprint density at radius 3 is 2.48 bits per heavy atom. The molecular formula is C16H13Br2ClN2O4. The van der Waals surface area contributed by atoms with Gasteiger partial charge in [0.05, 0.1) is 17.1 Å². The maximum Gasteiger partial charge on any atom is 0.276 e. The minimum atomic E-state index is -0.524. The highest BCUT2D eigenvalue weighted by atomic mass is 79.9. The van der Waals surface area contributed by atoms with E-state index in [1.165, 1.54) is 7.11 Å². The van der Waals surface area contributed by atoms with Crippen LogP contribution in [-0.4, -0.2) is 25.5 Å². The third-order valence-corrected chi connectivity index (χ3v) is 4.32. The number of rotatable bonds is 5. The monoisotopic (exact) mass is 490 g/mol. The van der Waals surface area contributed by atoms with Crippen molar-refractivity contribution in [2.75, 3.05) is 13.7 Å². The van der Waals surface area contributed by atoms with E-state index in [4.69, 9.17) is 21.1 Å². The number of halogens is 3. The van der Waals surface area contributed by atoms with Crippen LogP contribution < -0.4 is 20.3 Å². The molecular weight excluding hydrogens is 479 g/mol. The summed E-state index contributed by atoms with van der Waals surface area (Å²) in [7, 11) is 1.45. The highest BCUT2D eigenvalue weighted by Gasteiger charge is 2.14. The van der Waals surface area contributed by atoms with Crippen LogP contribution in [-0.2, 0) is 4.79 Å². The molecule has 0 spiro atoms. The summed E-state index contributed by atoms with van der Waals surface area (Å²) in [6.45, 7) is -0.282. The van der Waals surface area contributed by atoms with Gasteiger partial charge in [0, 0.05) is 9.50 Å². The van der Waals surface area contributed by atoms with Gasteiger partial charge in [-0.15, -0.1) is 0 Å². The van der Waals surface area contributed by atoms with Crippen LogP contribution in [0.15, 0.2) is 45.3 Å². The van der Waals surface area contributed by atoms with Crippen molar-refractivity contribution in [3.8, 4) is 11.5 Å². The fourth-order valence-electron chi connectivity index (χ4n) is 1.82. The van der Waals surface area contributed by atoms with Crippen molar-refractivity contribution in [3.05, 3.63) is 55.9 Å². The molecule has 25 heavy (non-hydrogen) atoms. The third-order valence-electron chi connectivity index (χ3n) is 2.97. The number of benzene rings is 2. The highest BCUT2D eigenvalue weighted by Crippen LogP contribution is 2.27. The fourth-order valence-corrected chi connectivity index (χ4v) is 2.98. The number of carbonyl (C=O) groups is 2. The Morgan fingerprint density at radius 2 is 1.80 bits per heavy atom. The number of amides is 2. The Labute approximate surface area is 166 Å². The zero-order chi connectivity index (χ0) is 18.4. The van der Waals surface area contributed by atoms with Crippen molar-refractivity contribution in [1.82, 2.24) is 10.9 Å². The van der Waals surface area contributed by atoms with Crippen molar-refractivity contribution in [2.45, 2.75) is 0 Å². The Hall–Kier alpha value is -1.77. The van der Waals surface area contributed by atoms with Gasteiger partial charge in [0.2, 0.25) is 0 Å². The van der Waals surface area contributed by atoms with E-state index in [1.807, 2.05) is 0 Å². The van der Waals surface area contributed by atoms with Gasteiger partial charge in [-0.25, -0.2) is 0 Å². The lowest BCUT2D eigenvalue weighted by Gasteiger charge is -2.12. The lowest BCUT2D eigenvalue weighted by molar-refractivity contribution is -0.123. The van der Waals surface area contributed by atoms with Crippen molar-refractivity contribution in [3.63, 3.8) is 0 Å². The fraction of sp³-hybridized carbons (Fsp3) is 0.125. The van der Waals surface area contributed by atoms with Gasteiger partial charge in [-0.1, -0.05) is 27.5 Å². The van der Waals surface area contributed by atoms with Crippen LogP contribution in [0.1, 0.15) is 10.4 Å². The second-order valence-corrected chi connectivity index (χ2v) is 6.92. The number of ether oxygens (including phenoxy) is 2. The van der Waals surface area contributed by atoms with Crippen LogP contribution in [0.2, 0.25) is 5.02 Å². The summed E-state index contributed by atoms with van der Waals surface area (Å²) in [6.07, 6.45) is 0. The quantitative estimate of drug-likeness (QED) is 0.624. The van der Waals surface area contributed by atoms with E-state index in [9.17, 15) is 9.59 Å². The van der Waals surface area contributed by atoms with Gasteiger partial charge in [-0.2, -0.15) is 0 Å². The standard InChI is InChI=1S/C16H13Br2ClN2O4/c1-24-13-4-2-9(17)6-11(13)16(23)21-20-15(22)8-25-14-5-3-10(19)7-12(14)18/h2-7H,8H2,1H3,(H,20,22)(H,21,23). The zero-order valence-corrected chi connectivity index (χ0v) is 16.9. The van der Waals surface area contributed by atoms with Crippen LogP contribution in [0, 0.1) is 0 Å². The van der Waals surface area contributed by atoms with Crippen LogP contribution in [0.5, 0.6) is 11.5 Å². The van der Waals surface area contributed by atoms with E-state index >= 15 is 0 Å². The maximum absolute atomic E-state index is 12.2. The summed E-state index contributed by atoms with van der Waals surface area (Å²) >= 11 is 12.4. The normalized spacial score (nSPS) is 10.1. The zero-order valence-electron chi connectivity index (χ0n) is 12.9. The third kappa shape index (κ3) is 5.62. The summed E-state index contributed by atoms with van der Waals surface area (Å²) in [5.74, 6) is -0.195. The van der Waals surface area contributed by atoms with E-state index < -0.39 is 11.8 Å². The number of hydrogen-bond acceptors (Lipinski definition) is 4. The first-order valence-corrected chi connectivity index (χ1v) is 8.87. The van der Waals surface area contributed by atoms with Gasteiger partial charge < -0.3 is 9.47 Å². The summed E-state index contributed by atoms with van der Waals surface area (Å²) in [5, 5.41) is 0.541. The van der Waals surface area contributed by atoms with Gasteiger partial charge in [0.15, 0.2) is 6.61 Å². The lowest BCUT2D eigenvalue weighted by Crippen LogP contribution is -2.43. The molecule has 0 aromatic heterocycles. The molecule has 0 saturated carbocycles. The first-order valence-electron chi connectivity index (χ1n) is 6.91. The average molecular weight is 493 g/mol. The molecule has 6 nitrogen and oxygen atoms in total. The molecule has 0 heterocycles. The maximum atomic E-state index is 12.2. The molecule has 0 aliphatic heterocycles. The Kier molecular flexibility index (Phi) is 7.10. The SMILES string of the molecule is COc1ccc(Br)cc1C(=O)NNC(=O)COc1ccc(Cl)cc1Br. The smallest absolute Gasteiger partial charge is 0.276 e. The van der Waals surface area contributed by atoms with Gasteiger partial charge in [0.1, 0.15) is 11.5 Å². The molecule has 0 bridgehead atoms. The highest BCUT2D eigenvalue weighted by molar-refractivity contribution is 9.10. The Balaban J connectivity index is 1.89. The molecule has 0 aliphatic rings. The number of hydrogen-bond donors (Lipinski definition) is 2. The van der Waals surface area contributed by atoms with Crippen molar-refractivity contribution < 1.29 is 19.1 Å². The van der Waals surface area contributed by atoms with E-state index in [1.54, 1.807) is 36.4 Å². The van der Waals surface area contributed by atoms with Crippen molar-refractivity contribution >= 4 is 55.3 Å². The molecule has 0 atom stereocenters. The second-order valence-electron chi connectivity index (χ2n) is 4.71. The number of methoxy groups -OCH3 is 1. The molecule has 2 aromatic carbocycles. The second kappa shape index (κ2) is 9.07. The van der Waals surface area contributed by atoms with Crippen molar-refractivity contribution in [2.24, 2.45) is 0 Å². The van der Waals surface area contributed by atoms with Crippen LogP contribution in [0.4, 0.5) is 0 Å². The molecule has 9 heteroatoms. The van der Waals surface area contributed by atoms with E-state index in [2.05, 4.69) is 42.7 Å². The Morgan fingerprint density at radius 1 is 1.08 bits per heavy atom. The summed E-state index contributed by atoms with van der Waals surface area (Å²) < 4.78 is 11.8. The van der Waals surface area contributed by atoms with Gasteiger partial charge >= 0.3 is 0 Å². The van der Waals surface area contributed by atoms with Gasteiger partial charge in [0.25, 0.3) is 11.8 Å². The molecule has 0 saturated heterocycles. The molecule has 2 amide bonds. The van der Waals surface area contributed by atoms with Gasteiger partial charge in [-0.3, -0.25) is 20.4 Å². The van der Waals surface area contributed by atoms with Crippen LogP contribution in [0.25, 0.3) is 0 Å². The molecule has 0 fully saturated rings. The number of nitrogens with one attached hydrogen (secondary N) is 2. The Bertz CT molecular complexity index is 802. The molecule has 0 unspecified atom stereocenters. The molecule has 2 rings (SSSR count). The summed E-state index contributed by atoms with van der Waals surface area (Å²) in [5.41, 5.74) is 4.86. The summed E-state index contributed by atoms with van der Waals surface area (Å²) in [6, 6.07) is 9.89. The molecule has 0 aliphatic carbocycles. The lowest BCUT2D eigenvalue weighted by atomic mass is 10.2. The summed E-state index contributed by atoms with van der Waals surface area (Å²) in [4.78, 5) is 24.0.